The number of carbonyl (C=O) groups is 2. The number of nitrogens with one attached hydrogen (secondary N) is 3. The fourth-order valence-electron chi connectivity index (χ4n) is 3.27. The van der Waals surface area contributed by atoms with Crippen LogP contribution in [0.4, 0.5) is 0 Å². The highest BCUT2D eigenvalue weighted by atomic mass is 16.5. The molecule has 0 radical (unpaired) electrons. The van der Waals surface area contributed by atoms with Crippen LogP contribution in [-0.4, -0.2) is 47.9 Å². The molecule has 1 saturated heterocycles. The summed E-state index contributed by atoms with van der Waals surface area (Å²) in [5.74, 6) is -0.282. The Morgan fingerprint density at radius 1 is 1.36 bits per heavy atom. The number of hydrogen-bond acceptors (Lipinski definition) is 5. The first-order chi connectivity index (χ1) is 13.6. The Hall–Kier alpha value is -2.71. The number of likely N-dealkylation sites (N-methyl/N-ethyl adjacent to an activating group) is 1. The van der Waals surface area contributed by atoms with Crippen molar-refractivity contribution < 1.29 is 14.3 Å². The molecule has 8 heteroatoms. The Kier molecular flexibility index (Phi) is 6.78. The molecule has 28 heavy (non-hydrogen) atoms. The second-order valence-electron chi connectivity index (χ2n) is 6.93. The molecule has 1 aromatic carbocycles. The van der Waals surface area contributed by atoms with Crippen LogP contribution in [0.3, 0.4) is 0 Å². The topological polar surface area (TPSA) is 97.3 Å². The van der Waals surface area contributed by atoms with E-state index in [-0.39, 0.29) is 17.9 Å². The average molecular weight is 385 g/mol. The van der Waals surface area contributed by atoms with Gasteiger partial charge >= 0.3 is 0 Å². The van der Waals surface area contributed by atoms with Gasteiger partial charge in [-0.05, 0) is 37.6 Å². The lowest BCUT2D eigenvalue weighted by molar-refractivity contribution is -0.123. The first-order valence-electron chi connectivity index (χ1n) is 9.49. The molecule has 0 saturated carbocycles. The standard InChI is InChI=1S/C20H27N5O3/c1-21-18(16-11-24-25(2)13-16)20(27)22-10-14-5-3-6-15(9-14)19(26)23-12-17-7-4-8-28-17/h3,5-6,9,11,13,17-18,21H,4,7-8,10,12H2,1-2H3,(H,22,27)(H,23,26). The first-order valence-corrected chi connectivity index (χ1v) is 9.49. The lowest BCUT2D eigenvalue weighted by Gasteiger charge is -2.15. The third-order valence-corrected chi connectivity index (χ3v) is 4.78. The molecular formula is C20H27N5O3. The fraction of sp³-hybridized carbons (Fsp3) is 0.450. The minimum atomic E-state index is -0.480. The number of nitrogens with zero attached hydrogens (tertiary/aromatic N) is 2. The highest BCUT2D eigenvalue weighted by Gasteiger charge is 2.20. The van der Waals surface area contributed by atoms with Crippen molar-refractivity contribution in [1.82, 2.24) is 25.7 Å². The van der Waals surface area contributed by atoms with Gasteiger partial charge in [-0.15, -0.1) is 0 Å². The minimum absolute atomic E-state index is 0.109. The largest absolute Gasteiger partial charge is 0.376 e. The van der Waals surface area contributed by atoms with E-state index in [0.29, 0.717) is 18.7 Å². The van der Waals surface area contributed by atoms with Gasteiger partial charge in [-0.2, -0.15) is 5.10 Å². The SMILES string of the molecule is CNC(C(=O)NCc1cccc(C(=O)NCC2CCCO2)c1)c1cnn(C)c1. The second-order valence-corrected chi connectivity index (χ2v) is 6.93. The Bertz CT molecular complexity index is 814. The quantitative estimate of drug-likeness (QED) is 0.627. The fourth-order valence-corrected chi connectivity index (χ4v) is 3.27. The van der Waals surface area contributed by atoms with Gasteiger partial charge in [0.25, 0.3) is 5.91 Å². The van der Waals surface area contributed by atoms with Crippen LogP contribution >= 0.6 is 0 Å². The summed E-state index contributed by atoms with van der Waals surface area (Å²) >= 11 is 0. The van der Waals surface area contributed by atoms with Crippen molar-refractivity contribution in [3.8, 4) is 0 Å². The summed E-state index contributed by atoms with van der Waals surface area (Å²) in [4.78, 5) is 24.9. The molecule has 1 aliphatic rings. The molecule has 0 spiro atoms. The van der Waals surface area contributed by atoms with Gasteiger partial charge in [0.05, 0.1) is 12.3 Å². The van der Waals surface area contributed by atoms with Crippen LogP contribution in [0.2, 0.25) is 0 Å². The molecule has 8 nitrogen and oxygen atoms in total. The van der Waals surface area contributed by atoms with Crippen LogP contribution in [-0.2, 0) is 23.1 Å². The molecule has 2 heterocycles. The van der Waals surface area contributed by atoms with Gasteiger partial charge in [-0.3, -0.25) is 14.3 Å². The third kappa shape index (κ3) is 5.17. The lowest BCUT2D eigenvalue weighted by atomic mass is 10.1. The van der Waals surface area contributed by atoms with Crippen molar-refractivity contribution in [2.75, 3.05) is 20.2 Å². The highest BCUT2D eigenvalue weighted by Crippen LogP contribution is 2.13. The Balaban J connectivity index is 1.54. The van der Waals surface area contributed by atoms with E-state index in [4.69, 9.17) is 4.74 Å². The molecular weight excluding hydrogens is 358 g/mol. The molecule has 3 N–H and O–H groups in total. The maximum absolute atomic E-state index is 12.5. The normalized spacial score (nSPS) is 17.3. The van der Waals surface area contributed by atoms with Crippen molar-refractivity contribution >= 4 is 11.8 Å². The van der Waals surface area contributed by atoms with Crippen LogP contribution in [0.25, 0.3) is 0 Å². The van der Waals surface area contributed by atoms with Crippen LogP contribution in [0, 0.1) is 0 Å². The Morgan fingerprint density at radius 3 is 2.89 bits per heavy atom. The molecule has 1 aliphatic heterocycles. The van der Waals surface area contributed by atoms with Gasteiger partial charge in [0, 0.05) is 44.1 Å². The zero-order chi connectivity index (χ0) is 19.9. The average Bonchev–Trinajstić information content (AvgIpc) is 3.37. The van der Waals surface area contributed by atoms with Crippen LogP contribution in [0.15, 0.2) is 36.7 Å². The summed E-state index contributed by atoms with van der Waals surface area (Å²) in [5, 5.41) is 12.9. The van der Waals surface area contributed by atoms with E-state index < -0.39 is 6.04 Å². The van der Waals surface area contributed by atoms with E-state index in [1.54, 1.807) is 36.3 Å². The summed E-state index contributed by atoms with van der Waals surface area (Å²) in [6, 6.07) is 6.78. The predicted molar refractivity (Wildman–Crippen MR) is 105 cm³/mol. The summed E-state index contributed by atoms with van der Waals surface area (Å²) in [6.07, 6.45) is 5.61. The van der Waals surface area contributed by atoms with Crippen LogP contribution in [0.5, 0.6) is 0 Å². The van der Waals surface area contributed by atoms with E-state index in [1.165, 1.54) is 0 Å². The van der Waals surface area contributed by atoms with E-state index in [1.807, 2.05) is 19.2 Å². The number of carbonyl (C=O) groups excluding carboxylic acids is 2. The van der Waals surface area contributed by atoms with Gasteiger partial charge in [0.15, 0.2) is 0 Å². The predicted octanol–water partition coefficient (Wildman–Crippen LogP) is 0.906. The highest BCUT2D eigenvalue weighted by molar-refractivity contribution is 5.94. The molecule has 1 fully saturated rings. The summed E-state index contributed by atoms with van der Waals surface area (Å²) in [7, 11) is 3.54. The van der Waals surface area contributed by atoms with E-state index >= 15 is 0 Å². The maximum Gasteiger partial charge on any atom is 0.251 e. The zero-order valence-corrected chi connectivity index (χ0v) is 16.3. The van der Waals surface area contributed by atoms with E-state index in [0.717, 1.165) is 30.6 Å². The zero-order valence-electron chi connectivity index (χ0n) is 16.3. The molecule has 3 rings (SSSR count). The molecule has 150 valence electrons. The van der Waals surface area contributed by atoms with Crippen molar-refractivity contribution in [2.45, 2.75) is 31.5 Å². The summed E-state index contributed by atoms with van der Waals surface area (Å²) < 4.78 is 7.18. The van der Waals surface area contributed by atoms with Gasteiger partial charge in [0.1, 0.15) is 6.04 Å². The smallest absolute Gasteiger partial charge is 0.251 e. The Labute approximate surface area is 164 Å². The number of aromatic nitrogens is 2. The van der Waals surface area contributed by atoms with E-state index in [9.17, 15) is 9.59 Å². The third-order valence-electron chi connectivity index (χ3n) is 4.78. The van der Waals surface area contributed by atoms with Crippen LogP contribution < -0.4 is 16.0 Å². The number of amides is 2. The van der Waals surface area contributed by atoms with Crippen molar-refractivity contribution in [2.24, 2.45) is 7.05 Å². The second kappa shape index (κ2) is 9.48. The Morgan fingerprint density at radius 2 is 2.21 bits per heavy atom. The molecule has 2 atom stereocenters. The number of benzene rings is 1. The van der Waals surface area contributed by atoms with Crippen LogP contribution in [0.1, 0.15) is 40.4 Å². The number of aryl methyl sites for hydroxylation is 1. The molecule has 2 amide bonds. The minimum Gasteiger partial charge on any atom is -0.376 e. The summed E-state index contributed by atoms with van der Waals surface area (Å²) in [5.41, 5.74) is 2.23. The molecule has 1 aromatic heterocycles. The van der Waals surface area contributed by atoms with Gasteiger partial charge in [0.2, 0.25) is 5.91 Å². The van der Waals surface area contributed by atoms with Gasteiger partial charge in [-0.25, -0.2) is 0 Å². The molecule has 0 bridgehead atoms. The monoisotopic (exact) mass is 385 g/mol. The number of ether oxygens (including phenoxy) is 1. The number of rotatable bonds is 8. The van der Waals surface area contributed by atoms with Crippen molar-refractivity contribution in [1.29, 1.82) is 0 Å². The van der Waals surface area contributed by atoms with Crippen molar-refractivity contribution in [3.63, 3.8) is 0 Å². The van der Waals surface area contributed by atoms with Crippen molar-refractivity contribution in [3.05, 3.63) is 53.3 Å². The molecule has 2 unspecified atom stereocenters. The first kappa shape index (κ1) is 20.0. The number of hydrogen-bond donors (Lipinski definition) is 3. The molecule has 2 aromatic rings. The van der Waals surface area contributed by atoms with E-state index in [2.05, 4.69) is 21.0 Å². The van der Waals surface area contributed by atoms with Gasteiger partial charge < -0.3 is 20.7 Å². The van der Waals surface area contributed by atoms with Gasteiger partial charge in [-0.1, -0.05) is 12.1 Å². The summed E-state index contributed by atoms with van der Waals surface area (Å²) in [6.45, 7) is 1.63. The maximum atomic E-state index is 12.5. The lowest BCUT2D eigenvalue weighted by Crippen LogP contribution is -2.35. The molecule has 0 aliphatic carbocycles.